The van der Waals surface area contributed by atoms with Gasteiger partial charge >= 0.3 is 0 Å². The van der Waals surface area contributed by atoms with Crippen LogP contribution >= 0.6 is 0 Å². The molecule has 6 heteroatoms. The van der Waals surface area contributed by atoms with E-state index >= 15 is 0 Å². The number of nitro benzene ring substituents is 1. The lowest BCUT2D eigenvalue weighted by Crippen LogP contribution is -2.06. The summed E-state index contributed by atoms with van der Waals surface area (Å²) in [7, 11) is 0. The Kier molecular flexibility index (Phi) is 4.20. The number of nitro groups is 1. The molecule has 0 aromatic heterocycles. The van der Waals surface area contributed by atoms with Crippen LogP contribution in [0.1, 0.15) is 5.56 Å². The number of hydrogen-bond donors (Lipinski definition) is 0. The fourth-order valence-corrected chi connectivity index (χ4v) is 1.92. The summed E-state index contributed by atoms with van der Waals surface area (Å²) in [4.78, 5) is 10.4. The summed E-state index contributed by atoms with van der Waals surface area (Å²) in [5, 5.41) is 10.9. The maximum atomic E-state index is 10.9. The lowest BCUT2D eigenvalue weighted by atomic mass is 10.2. The van der Waals surface area contributed by atoms with Crippen molar-refractivity contribution in [3.63, 3.8) is 0 Å². The van der Waals surface area contributed by atoms with E-state index < -0.39 is 4.92 Å². The first-order valence-corrected chi connectivity index (χ1v) is 6.92. The highest BCUT2D eigenvalue weighted by Gasteiger charge is 2.24. The van der Waals surface area contributed by atoms with Gasteiger partial charge < -0.3 is 14.2 Å². The van der Waals surface area contributed by atoms with Crippen LogP contribution < -0.4 is 9.47 Å². The Morgan fingerprint density at radius 2 is 1.91 bits per heavy atom. The fraction of sp³-hybridized carbons (Fsp3) is 0.250. The van der Waals surface area contributed by atoms with E-state index in [1.54, 1.807) is 6.07 Å². The van der Waals surface area contributed by atoms with Gasteiger partial charge in [-0.2, -0.15) is 0 Å². The second-order valence-electron chi connectivity index (χ2n) is 4.93. The zero-order valence-corrected chi connectivity index (χ0v) is 11.8. The zero-order valence-electron chi connectivity index (χ0n) is 11.8. The van der Waals surface area contributed by atoms with E-state index in [0.717, 1.165) is 5.56 Å². The second-order valence-corrected chi connectivity index (χ2v) is 4.93. The van der Waals surface area contributed by atoms with Gasteiger partial charge in [0.1, 0.15) is 19.3 Å². The highest BCUT2D eigenvalue weighted by Crippen LogP contribution is 2.32. The van der Waals surface area contributed by atoms with Gasteiger partial charge in [-0.05, 0) is 11.6 Å². The minimum Gasteiger partial charge on any atom is -0.487 e. The first kappa shape index (κ1) is 14.3. The Hall–Kier alpha value is -2.60. The van der Waals surface area contributed by atoms with Gasteiger partial charge in [0.2, 0.25) is 0 Å². The monoisotopic (exact) mass is 301 g/mol. The van der Waals surface area contributed by atoms with Crippen molar-refractivity contribution in [2.24, 2.45) is 0 Å². The van der Waals surface area contributed by atoms with Gasteiger partial charge in [0.05, 0.1) is 17.6 Å². The average molecular weight is 301 g/mol. The third kappa shape index (κ3) is 3.73. The molecule has 0 N–H and O–H groups in total. The molecule has 0 spiro atoms. The van der Waals surface area contributed by atoms with E-state index in [-0.39, 0.29) is 11.8 Å². The van der Waals surface area contributed by atoms with Gasteiger partial charge in [-0.3, -0.25) is 10.1 Å². The molecule has 0 aliphatic carbocycles. The van der Waals surface area contributed by atoms with Crippen LogP contribution in [0.3, 0.4) is 0 Å². The Morgan fingerprint density at radius 3 is 2.59 bits per heavy atom. The molecular formula is C16H15NO5. The number of nitrogens with zero attached hydrogens (tertiary/aromatic N) is 1. The lowest BCUT2D eigenvalue weighted by Gasteiger charge is -2.12. The third-order valence-electron chi connectivity index (χ3n) is 3.20. The second kappa shape index (κ2) is 6.44. The molecule has 1 saturated heterocycles. The van der Waals surface area contributed by atoms with Crippen LogP contribution in [0.4, 0.5) is 5.69 Å². The van der Waals surface area contributed by atoms with Gasteiger partial charge in [-0.1, -0.05) is 30.3 Å². The highest BCUT2D eigenvalue weighted by atomic mass is 16.6. The molecule has 1 fully saturated rings. The van der Waals surface area contributed by atoms with Crippen LogP contribution in [-0.2, 0) is 11.3 Å². The van der Waals surface area contributed by atoms with Crippen LogP contribution in [0.2, 0.25) is 0 Å². The molecule has 1 heterocycles. The third-order valence-corrected chi connectivity index (χ3v) is 3.20. The highest BCUT2D eigenvalue weighted by molar-refractivity contribution is 5.48. The van der Waals surface area contributed by atoms with Crippen LogP contribution in [-0.4, -0.2) is 24.2 Å². The first-order valence-electron chi connectivity index (χ1n) is 6.92. The maximum absolute atomic E-state index is 10.9. The summed E-state index contributed by atoms with van der Waals surface area (Å²) in [5.74, 6) is 0.843. The van der Waals surface area contributed by atoms with E-state index in [1.807, 2.05) is 30.3 Å². The predicted octanol–water partition coefficient (Wildman–Crippen LogP) is 2.95. The normalized spacial score (nSPS) is 16.1. The molecule has 1 atom stereocenters. The summed E-state index contributed by atoms with van der Waals surface area (Å²) >= 11 is 0. The summed E-state index contributed by atoms with van der Waals surface area (Å²) in [6, 6.07) is 13.9. The summed E-state index contributed by atoms with van der Waals surface area (Å²) < 4.78 is 16.4. The molecule has 1 aliphatic rings. The van der Waals surface area contributed by atoms with Crippen molar-refractivity contribution in [2.75, 3.05) is 13.2 Å². The zero-order chi connectivity index (χ0) is 15.4. The molecule has 1 aliphatic heterocycles. The van der Waals surface area contributed by atoms with Crippen LogP contribution in [0, 0.1) is 10.1 Å². The number of non-ortho nitro benzene ring substituents is 1. The molecule has 2 aromatic carbocycles. The first-order chi connectivity index (χ1) is 10.7. The standard InChI is InChI=1S/C16H15NO5/c18-17(19)13-6-7-15(22-11-14-10-20-14)16(8-13)21-9-12-4-2-1-3-5-12/h1-8,14H,9-11H2/t14-/m1/s1. The Balaban J connectivity index is 1.74. The molecule has 2 aromatic rings. The maximum Gasteiger partial charge on any atom is 0.273 e. The summed E-state index contributed by atoms with van der Waals surface area (Å²) in [5.41, 5.74) is 0.948. The molecule has 22 heavy (non-hydrogen) atoms. The Bertz CT molecular complexity index is 655. The smallest absolute Gasteiger partial charge is 0.273 e. The van der Waals surface area contributed by atoms with Crippen molar-refractivity contribution < 1.29 is 19.1 Å². The molecular weight excluding hydrogens is 286 g/mol. The molecule has 0 bridgehead atoms. The topological polar surface area (TPSA) is 74.1 Å². The molecule has 0 saturated carbocycles. The van der Waals surface area contributed by atoms with Gasteiger partial charge in [-0.25, -0.2) is 0 Å². The van der Waals surface area contributed by atoms with Crippen LogP contribution in [0.25, 0.3) is 0 Å². The van der Waals surface area contributed by atoms with E-state index in [1.165, 1.54) is 12.1 Å². The van der Waals surface area contributed by atoms with Gasteiger partial charge in [-0.15, -0.1) is 0 Å². The predicted molar refractivity (Wildman–Crippen MR) is 79.1 cm³/mol. The molecule has 3 rings (SSSR count). The number of epoxide rings is 1. The fourth-order valence-electron chi connectivity index (χ4n) is 1.92. The quantitative estimate of drug-likeness (QED) is 0.446. The van der Waals surface area contributed by atoms with Crippen molar-refractivity contribution in [2.45, 2.75) is 12.7 Å². The molecule has 6 nitrogen and oxygen atoms in total. The van der Waals surface area contributed by atoms with Gasteiger partial charge in [0.25, 0.3) is 5.69 Å². The SMILES string of the molecule is O=[N+]([O-])c1ccc(OC[C@H]2CO2)c(OCc2ccccc2)c1. The molecule has 0 unspecified atom stereocenters. The number of rotatable bonds is 7. The van der Waals surface area contributed by atoms with Gasteiger partial charge in [0, 0.05) is 6.07 Å². The Morgan fingerprint density at radius 1 is 1.14 bits per heavy atom. The lowest BCUT2D eigenvalue weighted by molar-refractivity contribution is -0.385. The Labute approximate surface area is 127 Å². The average Bonchev–Trinajstić information content (AvgIpc) is 3.36. The van der Waals surface area contributed by atoms with Crippen molar-refractivity contribution in [1.29, 1.82) is 0 Å². The summed E-state index contributed by atoms with van der Waals surface area (Å²) in [6.07, 6.45) is 0.108. The van der Waals surface area contributed by atoms with Crippen LogP contribution in [0.15, 0.2) is 48.5 Å². The largest absolute Gasteiger partial charge is 0.487 e. The van der Waals surface area contributed by atoms with Crippen molar-refractivity contribution >= 4 is 5.69 Å². The number of ether oxygens (including phenoxy) is 3. The molecule has 114 valence electrons. The van der Waals surface area contributed by atoms with Crippen LogP contribution in [0.5, 0.6) is 11.5 Å². The van der Waals surface area contributed by atoms with Crippen molar-refractivity contribution in [1.82, 2.24) is 0 Å². The number of benzene rings is 2. The van der Waals surface area contributed by atoms with Crippen molar-refractivity contribution in [3.05, 3.63) is 64.2 Å². The van der Waals surface area contributed by atoms with E-state index in [0.29, 0.717) is 31.3 Å². The minimum atomic E-state index is -0.455. The minimum absolute atomic E-state index is 0.0296. The van der Waals surface area contributed by atoms with E-state index in [9.17, 15) is 10.1 Å². The van der Waals surface area contributed by atoms with E-state index in [2.05, 4.69) is 0 Å². The summed E-state index contributed by atoms with van der Waals surface area (Å²) in [6.45, 7) is 1.42. The molecule has 0 radical (unpaired) electrons. The number of hydrogen-bond acceptors (Lipinski definition) is 5. The van der Waals surface area contributed by atoms with Crippen molar-refractivity contribution in [3.8, 4) is 11.5 Å². The van der Waals surface area contributed by atoms with Gasteiger partial charge in [0.15, 0.2) is 11.5 Å². The molecule has 0 amide bonds. The van der Waals surface area contributed by atoms with E-state index in [4.69, 9.17) is 14.2 Å².